The molecule has 0 saturated carbocycles. The minimum absolute atomic E-state index is 1.15. The van der Waals surface area contributed by atoms with Gasteiger partial charge >= 0.3 is 0 Å². The molecular weight excluding hydrogens is 230 g/mol. The van der Waals surface area contributed by atoms with Gasteiger partial charge < -0.3 is 4.57 Å². The first kappa shape index (κ1) is 15.3. The van der Waals surface area contributed by atoms with Gasteiger partial charge in [0.25, 0.3) is 0 Å². The van der Waals surface area contributed by atoms with Gasteiger partial charge in [0.15, 0.2) is 0 Å². The van der Waals surface area contributed by atoms with Gasteiger partial charge in [-0.05, 0) is 36.4 Å². The van der Waals surface area contributed by atoms with Gasteiger partial charge in [-0.2, -0.15) is 0 Å². The van der Waals surface area contributed by atoms with Crippen LogP contribution in [0.5, 0.6) is 0 Å². The molecule has 1 aromatic carbocycles. The molecular formula is C18H25N. The lowest BCUT2D eigenvalue weighted by Crippen LogP contribution is -1.94. The summed E-state index contributed by atoms with van der Waals surface area (Å²) in [5, 5.41) is 1.30. The van der Waals surface area contributed by atoms with E-state index < -0.39 is 0 Å². The summed E-state index contributed by atoms with van der Waals surface area (Å²) < 4.78 is 2.25. The van der Waals surface area contributed by atoms with E-state index in [4.69, 9.17) is 0 Å². The number of fused-ring (bicyclic) bond motifs is 1. The standard InChI is InChI=1S/C14H13N.2C2H6/c1-2-7-13(8-3-1)15-11-10-12-6-4-5-9-14(12)15;2*1-2/h2,4-11H,1,3H2;2*1-2H3. The Balaban J connectivity index is 0.000000415. The fourth-order valence-corrected chi connectivity index (χ4v) is 2.09. The molecule has 1 aliphatic carbocycles. The Morgan fingerprint density at radius 2 is 1.63 bits per heavy atom. The number of para-hydroxylation sites is 1. The van der Waals surface area contributed by atoms with Crippen LogP contribution in [0.3, 0.4) is 0 Å². The van der Waals surface area contributed by atoms with Crippen molar-refractivity contribution in [3.8, 4) is 0 Å². The van der Waals surface area contributed by atoms with Crippen molar-refractivity contribution in [1.29, 1.82) is 0 Å². The number of hydrogen-bond donors (Lipinski definition) is 0. The average Bonchev–Trinajstić information content (AvgIpc) is 2.96. The zero-order chi connectivity index (χ0) is 14.1. The van der Waals surface area contributed by atoms with E-state index in [0.29, 0.717) is 0 Å². The molecule has 0 N–H and O–H groups in total. The van der Waals surface area contributed by atoms with Gasteiger partial charge in [-0.1, -0.05) is 58.0 Å². The van der Waals surface area contributed by atoms with Crippen molar-refractivity contribution in [3.05, 3.63) is 54.8 Å². The molecule has 1 nitrogen and oxygen atoms in total. The average molecular weight is 255 g/mol. The zero-order valence-corrected chi connectivity index (χ0v) is 12.6. The van der Waals surface area contributed by atoms with Crippen molar-refractivity contribution in [2.45, 2.75) is 40.5 Å². The molecule has 0 radical (unpaired) electrons. The van der Waals surface area contributed by atoms with Crippen LogP contribution in [0.25, 0.3) is 16.6 Å². The maximum Gasteiger partial charge on any atom is 0.0528 e. The second-order valence-electron chi connectivity index (χ2n) is 3.85. The van der Waals surface area contributed by atoms with Gasteiger partial charge in [-0.25, -0.2) is 0 Å². The highest BCUT2D eigenvalue weighted by Gasteiger charge is 2.03. The number of benzene rings is 1. The van der Waals surface area contributed by atoms with Crippen molar-refractivity contribution in [1.82, 2.24) is 4.57 Å². The number of allylic oxidation sites excluding steroid dienone is 4. The Kier molecular flexibility index (Phi) is 6.73. The molecule has 0 fully saturated rings. The number of rotatable bonds is 1. The molecule has 0 amide bonds. The molecule has 102 valence electrons. The van der Waals surface area contributed by atoms with Crippen molar-refractivity contribution in [2.75, 3.05) is 0 Å². The Hall–Kier alpha value is -1.76. The Bertz CT molecular complexity index is 544. The highest BCUT2D eigenvalue weighted by molar-refractivity contribution is 5.84. The quantitative estimate of drug-likeness (QED) is 0.599. The van der Waals surface area contributed by atoms with Gasteiger partial charge in [0, 0.05) is 11.9 Å². The summed E-state index contributed by atoms with van der Waals surface area (Å²) in [4.78, 5) is 0. The molecule has 3 rings (SSSR count). The van der Waals surface area contributed by atoms with Crippen LogP contribution in [-0.2, 0) is 0 Å². The van der Waals surface area contributed by atoms with Crippen LogP contribution in [0.4, 0.5) is 0 Å². The van der Waals surface area contributed by atoms with Crippen molar-refractivity contribution in [2.24, 2.45) is 0 Å². The van der Waals surface area contributed by atoms with Crippen molar-refractivity contribution >= 4 is 16.6 Å². The first-order chi connectivity index (χ1) is 9.45. The fourth-order valence-electron chi connectivity index (χ4n) is 2.09. The lowest BCUT2D eigenvalue weighted by molar-refractivity contribution is 1.01. The molecule has 0 saturated heterocycles. The van der Waals surface area contributed by atoms with Gasteiger partial charge in [0.05, 0.1) is 5.52 Å². The number of aromatic nitrogens is 1. The summed E-state index contributed by atoms with van der Waals surface area (Å²) in [7, 11) is 0. The predicted octanol–water partition coefficient (Wildman–Crippen LogP) is 5.88. The second-order valence-corrected chi connectivity index (χ2v) is 3.85. The Morgan fingerprint density at radius 3 is 2.32 bits per heavy atom. The lowest BCUT2D eigenvalue weighted by Gasteiger charge is -2.09. The summed E-state index contributed by atoms with van der Waals surface area (Å²) in [6.07, 6.45) is 11.2. The first-order valence-electron chi connectivity index (χ1n) is 7.38. The van der Waals surface area contributed by atoms with E-state index in [-0.39, 0.29) is 0 Å². The topological polar surface area (TPSA) is 4.93 Å². The summed E-state index contributed by atoms with van der Waals surface area (Å²) in [5.74, 6) is 0. The number of nitrogens with zero attached hydrogens (tertiary/aromatic N) is 1. The van der Waals surface area contributed by atoms with Gasteiger partial charge in [-0.15, -0.1) is 0 Å². The minimum atomic E-state index is 1.15. The molecule has 0 unspecified atom stereocenters. The molecule has 1 aromatic heterocycles. The van der Waals surface area contributed by atoms with Crippen LogP contribution in [0.2, 0.25) is 0 Å². The molecule has 0 atom stereocenters. The molecule has 2 aromatic rings. The molecule has 1 heterocycles. The number of hydrogen-bond acceptors (Lipinski definition) is 0. The highest BCUT2D eigenvalue weighted by Crippen LogP contribution is 2.22. The van der Waals surface area contributed by atoms with E-state index in [1.54, 1.807) is 0 Å². The minimum Gasteiger partial charge on any atom is -0.317 e. The second kappa shape index (κ2) is 8.36. The van der Waals surface area contributed by atoms with E-state index in [9.17, 15) is 0 Å². The van der Waals surface area contributed by atoms with E-state index in [1.165, 1.54) is 23.0 Å². The third-order valence-electron chi connectivity index (χ3n) is 2.85. The third kappa shape index (κ3) is 3.60. The van der Waals surface area contributed by atoms with E-state index in [2.05, 4.69) is 59.3 Å². The summed E-state index contributed by atoms with van der Waals surface area (Å²) >= 11 is 0. The predicted molar refractivity (Wildman–Crippen MR) is 87.3 cm³/mol. The Labute approximate surface area is 117 Å². The molecule has 1 aliphatic rings. The normalized spacial score (nSPS) is 12.9. The van der Waals surface area contributed by atoms with Crippen LogP contribution in [0, 0.1) is 0 Å². The van der Waals surface area contributed by atoms with Crippen LogP contribution in [0.15, 0.2) is 54.8 Å². The van der Waals surface area contributed by atoms with Crippen molar-refractivity contribution in [3.63, 3.8) is 0 Å². The summed E-state index contributed by atoms with van der Waals surface area (Å²) in [5.41, 5.74) is 2.58. The smallest absolute Gasteiger partial charge is 0.0528 e. The molecule has 0 aliphatic heterocycles. The first-order valence-corrected chi connectivity index (χ1v) is 7.38. The van der Waals surface area contributed by atoms with Crippen molar-refractivity contribution < 1.29 is 0 Å². The molecule has 1 heteroatoms. The molecule has 0 spiro atoms. The Morgan fingerprint density at radius 1 is 0.895 bits per heavy atom. The van der Waals surface area contributed by atoms with Crippen LogP contribution in [-0.4, -0.2) is 4.57 Å². The fraction of sp³-hybridized carbons (Fsp3) is 0.333. The SMILES string of the molecule is C1=CC(n2ccc3ccccc32)=CCC1.CC.CC. The van der Waals surface area contributed by atoms with Crippen LogP contribution < -0.4 is 0 Å². The maximum atomic E-state index is 2.30. The zero-order valence-electron chi connectivity index (χ0n) is 12.6. The van der Waals surface area contributed by atoms with Gasteiger partial charge in [0.1, 0.15) is 0 Å². The largest absolute Gasteiger partial charge is 0.317 e. The highest BCUT2D eigenvalue weighted by atomic mass is 15.0. The van der Waals surface area contributed by atoms with Gasteiger partial charge in [0.2, 0.25) is 0 Å². The van der Waals surface area contributed by atoms with E-state index in [1.807, 2.05) is 27.7 Å². The van der Waals surface area contributed by atoms with Crippen LogP contribution in [0.1, 0.15) is 40.5 Å². The monoisotopic (exact) mass is 255 g/mol. The maximum absolute atomic E-state index is 2.30. The van der Waals surface area contributed by atoms with Gasteiger partial charge in [-0.3, -0.25) is 0 Å². The third-order valence-corrected chi connectivity index (χ3v) is 2.85. The van der Waals surface area contributed by atoms with Crippen LogP contribution >= 0.6 is 0 Å². The summed E-state index contributed by atoms with van der Waals surface area (Å²) in [6.45, 7) is 8.00. The van der Waals surface area contributed by atoms with E-state index >= 15 is 0 Å². The molecule has 0 bridgehead atoms. The lowest BCUT2D eigenvalue weighted by atomic mass is 10.1. The van der Waals surface area contributed by atoms with E-state index in [0.717, 1.165) is 6.42 Å². The summed E-state index contributed by atoms with van der Waals surface area (Å²) in [6, 6.07) is 10.7. The molecule has 19 heavy (non-hydrogen) atoms.